The number of methoxy groups -OCH3 is 1. The summed E-state index contributed by atoms with van der Waals surface area (Å²) < 4.78 is 5.98. The summed E-state index contributed by atoms with van der Waals surface area (Å²) in [5.41, 5.74) is 13.8. The first kappa shape index (κ1) is 37.0. The number of halogens is 1. The van der Waals surface area contributed by atoms with Crippen molar-refractivity contribution < 1.29 is 14.6 Å². The summed E-state index contributed by atoms with van der Waals surface area (Å²) in [5.74, 6) is 2.74. The summed E-state index contributed by atoms with van der Waals surface area (Å²) in [7, 11) is 1.31. The van der Waals surface area contributed by atoms with Gasteiger partial charge in [-0.15, -0.1) is 19.6 Å². The van der Waals surface area contributed by atoms with Crippen LogP contribution in [0.15, 0.2) is 43.5 Å². The Hall–Kier alpha value is -3.20. The molecule has 0 saturated heterocycles. The van der Waals surface area contributed by atoms with E-state index in [0.717, 1.165) is 44.9 Å². The second-order valence-corrected chi connectivity index (χ2v) is 9.74. The number of nitrogens with zero attached hydrogens (tertiary/aromatic N) is 1. The first-order chi connectivity index (χ1) is 17.8. The minimum Gasteiger partial charge on any atom is -0.471 e. The molecule has 6 heteroatoms. The number of benzene rings is 2. The van der Waals surface area contributed by atoms with Gasteiger partial charge in [0.2, 0.25) is 0 Å². The Bertz CT molecular complexity index is 1150. The normalized spacial score (nSPS) is 9.63. The molecule has 1 heterocycles. The fourth-order valence-corrected chi connectivity index (χ4v) is 3.66. The molecule has 210 valence electrons. The average Bonchev–Trinajstić information content (AvgIpc) is 3.18. The fourth-order valence-electron chi connectivity index (χ4n) is 3.53. The quantitative estimate of drug-likeness (QED) is 0.151. The summed E-state index contributed by atoms with van der Waals surface area (Å²) in [4.78, 5) is 8.95. The second kappa shape index (κ2) is 19.0. The zero-order valence-electron chi connectivity index (χ0n) is 24.7. The highest BCUT2D eigenvalue weighted by atomic mass is 35.5. The van der Waals surface area contributed by atoms with Gasteiger partial charge in [0.05, 0.1) is 30.5 Å². The van der Waals surface area contributed by atoms with Crippen molar-refractivity contribution in [2.75, 3.05) is 12.8 Å². The van der Waals surface area contributed by atoms with Crippen LogP contribution in [-0.4, -0.2) is 28.9 Å². The average molecular weight is 543 g/mol. The standard InChI is InChI=1S/C21H21ClN2.C4H10O.C3H8.C2H4O2.C2H4/c1-5-11-24-13(3)12-18-19(15-7-9-16(22)10-8-15)17(6-2)14(4)20(23)21(18)24;1-4(2,3)5;1-3-2;1-4-2-3;1-2/h1,7-10,12H,6,11,23H2,2-4H3;5H,1-3H3;3H2,1-2H3;2H,1H3;1-2H2. The second-order valence-electron chi connectivity index (χ2n) is 9.30. The van der Waals surface area contributed by atoms with Crippen LogP contribution in [0.4, 0.5) is 5.69 Å². The lowest BCUT2D eigenvalue weighted by molar-refractivity contribution is -0.126. The number of nitrogens with two attached hydrogens (primary N) is 1. The van der Waals surface area contributed by atoms with Gasteiger partial charge < -0.3 is 20.1 Å². The van der Waals surface area contributed by atoms with E-state index in [0.29, 0.717) is 13.0 Å². The number of aryl methyl sites for hydroxylation is 1. The molecule has 0 amide bonds. The van der Waals surface area contributed by atoms with E-state index in [1.54, 1.807) is 20.8 Å². The Kier molecular flexibility index (Phi) is 18.4. The third-order valence-electron chi connectivity index (χ3n) is 4.82. The number of carbonyl (C=O) groups is 1. The van der Waals surface area contributed by atoms with E-state index < -0.39 is 5.60 Å². The number of hydrogen-bond acceptors (Lipinski definition) is 4. The molecule has 0 aliphatic rings. The number of aliphatic hydroxyl groups is 1. The molecule has 38 heavy (non-hydrogen) atoms. The van der Waals surface area contributed by atoms with Crippen molar-refractivity contribution in [2.24, 2.45) is 0 Å². The Labute approximate surface area is 235 Å². The topological polar surface area (TPSA) is 77.5 Å². The number of aromatic nitrogens is 1. The van der Waals surface area contributed by atoms with Crippen molar-refractivity contribution in [3.8, 4) is 23.5 Å². The van der Waals surface area contributed by atoms with Crippen molar-refractivity contribution in [3.05, 3.63) is 65.3 Å². The van der Waals surface area contributed by atoms with Crippen molar-refractivity contribution >= 4 is 34.7 Å². The van der Waals surface area contributed by atoms with Gasteiger partial charge in [0, 0.05) is 16.1 Å². The van der Waals surface area contributed by atoms with Crippen LogP contribution in [0.25, 0.3) is 22.0 Å². The maximum atomic E-state index is 8.95. The monoisotopic (exact) mass is 542 g/mol. The minimum absolute atomic E-state index is 0.375. The molecule has 3 N–H and O–H groups in total. The van der Waals surface area contributed by atoms with E-state index in [1.807, 2.05) is 12.1 Å². The van der Waals surface area contributed by atoms with E-state index in [1.165, 1.54) is 24.7 Å². The predicted molar refractivity (Wildman–Crippen MR) is 167 cm³/mol. The third-order valence-corrected chi connectivity index (χ3v) is 5.07. The number of rotatable bonds is 4. The highest BCUT2D eigenvalue weighted by Crippen LogP contribution is 2.40. The smallest absolute Gasteiger partial charge is 0.292 e. The fraction of sp³-hybridized carbons (Fsp3) is 0.406. The van der Waals surface area contributed by atoms with Gasteiger partial charge in [-0.1, -0.05) is 56.8 Å². The van der Waals surface area contributed by atoms with Gasteiger partial charge in [-0.3, -0.25) is 4.79 Å². The van der Waals surface area contributed by atoms with Gasteiger partial charge in [0.1, 0.15) is 0 Å². The largest absolute Gasteiger partial charge is 0.471 e. The van der Waals surface area contributed by atoms with Gasteiger partial charge in [0.25, 0.3) is 6.47 Å². The van der Waals surface area contributed by atoms with Crippen LogP contribution in [-0.2, 0) is 22.5 Å². The molecule has 0 fully saturated rings. The van der Waals surface area contributed by atoms with Crippen LogP contribution in [0.2, 0.25) is 5.02 Å². The lowest BCUT2D eigenvalue weighted by Gasteiger charge is -2.18. The first-order valence-electron chi connectivity index (χ1n) is 12.6. The van der Waals surface area contributed by atoms with Crippen LogP contribution in [0.3, 0.4) is 0 Å². The molecule has 0 saturated carbocycles. The summed E-state index contributed by atoms with van der Waals surface area (Å²) in [6.45, 7) is 22.7. The van der Waals surface area contributed by atoms with E-state index in [4.69, 9.17) is 33.7 Å². The summed E-state index contributed by atoms with van der Waals surface area (Å²) in [6, 6.07) is 10.2. The highest BCUT2D eigenvalue weighted by molar-refractivity contribution is 6.30. The van der Waals surface area contributed by atoms with E-state index in [-0.39, 0.29) is 0 Å². The number of anilines is 1. The number of terminal acetylenes is 1. The summed E-state index contributed by atoms with van der Waals surface area (Å²) >= 11 is 6.07. The van der Waals surface area contributed by atoms with Gasteiger partial charge in [-0.05, 0) is 81.5 Å². The van der Waals surface area contributed by atoms with Crippen molar-refractivity contribution in [1.29, 1.82) is 0 Å². The summed E-state index contributed by atoms with van der Waals surface area (Å²) in [6.07, 6.45) is 7.73. The molecule has 0 spiro atoms. The van der Waals surface area contributed by atoms with Gasteiger partial charge in [-0.2, -0.15) is 0 Å². The maximum absolute atomic E-state index is 8.95. The van der Waals surface area contributed by atoms with Gasteiger partial charge >= 0.3 is 0 Å². The van der Waals surface area contributed by atoms with E-state index in [2.05, 4.69) is 81.2 Å². The lowest BCUT2D eigenvalue weighted by Crippen LogP contribution is -2.10. The maximum Gasteiger partial charge on any atom is 0.292 e. The zero-order chi connectivity index (χ0) is 30.1. The SMILES string of the molecule is C#CCn1c(C)cc2c(-c3ccc(Cl)cc3)c(CC)c(C)c(N)c21.C=C.CC(C)(C)O.CCC.COC=O. The van der Waals surface area contributed by atoms with E-state index in [9.17, 15) is 0 Å². The molecule has 0 unspecified atom stereocenters. The Balaban J connectivity index is 0. The minimum atomic E-state index is -0.500. The Morgan fingerprint density at radius 2 is 1.61 bits per heavy atom. The number of carbonyl (C=O) groups excluding carboxylic acids is 1. The Morgan fingerprint density at radius 1 is 1.16 bits per heavy atom. The predicted octanol–water partition coefficient (Wildman–Crippen LogP) is 8.14. The molecule has 3 aromatic rings. The molecule has 0 radical (unpaired) electrons. The van der Waals surface area contributed by atoms with Crippen LogP contribution in [0.5, 0.6) is 0 Å². The molecule has 1 aromatic heterocycles. The molecular weight excluding hydrogens is 496 g/mol. The van der Waals surface area contributed by atoms with Crippen LogP contribution < -0.4 is 5.73 Å². The van der Waals surface area contributed by atoms with Crippen molar-refractivity contribution in [1.82, 2.24) is 4.57 Å². The molecule has 0 atom stereocenters. The molecule has 5 nitrogen and oxygen atoms in total. The molecule has 3 rings (SSSR count). The molecule has 0 aliphatic heterocycles. The number of nitrogen functional groups attached to an aromatic ring is 1. The molecule has 2 aromatic carbocycles. The Morgan fingerprint density at radius 3 is 1.97 bits per heavy atom. The number of fused-ring (bicyclic) bond motifs is 1. The number of hydrogen-bond donors (Lipinski definition) is 2. The zero-order valence-corrected chi connectivity index (χ0v) is 25.5. The van der Waals surface area contributed by atoms with Gasteiger partial charge in [0.15, 0.2) is 0 Å². The van der Waals surface area contributed by atoms with Crippen molar-refractivity contribution in [3.63, 3.8) is 0 Å². The molecular formula is C32H47ClN2O3. The van der Waals surface area contributed by atoms with E-state index >= 15 is 0 Å². The molecule has 0 aliphatic carbocycles. The lowest BCUT2D eigenvalue weighted by atomic mass is 9.90. The molecule has 0 bridgehead atoms. The van der Waals surface area contributed by atoms with Crippen LogP contribution in [0, 0.1) is 26.2 Å². The summed E-state index contributed by atoms with van der Waals surface area (Å²) in [5, 5.41) is 10.4. The van der Waals surface area contributed by atoms with Gasteiger partial charge in [-0.25, -0.2) is 0 Å². The van der Waals surface area contributed by atoms with Crippen LogP contribution >= 0.6 is 11.6 Å². The van der Waals surface area contributed by atoms with Crippen LogP contribution in [0.1, 0.15) is 64.8 Å². The number of ether oxygens (including phenoxy) is 1. The first-order valence-corrected chi connectivity index (χ1v) is 13.0. The third kappa shape index (κ3) is 11.9. The highest BCUT2D eigenvalue weighted by Gasteiger charge is 2.19. The van der Waals surface area contributed by atoms with Crippen molar-refractivity contribution in [2.45, 2.75) is 80.4 Å².